The van der Waals surface area contributed by atoms with Gasteiger partial charge < -0.3 is 14.8 Å². The molecule has 1 N–H and O–H groups in total. The highest BCUT2D eigenvalue weighted by Crippen LogP contribution is 2.18. The first kappa shape index (κ1) is 14.5. The lowest BCUT2D eigenvalue weighted by Gasteiger charge is -2.22. The molecule has 2 saturated heterocycles. The van der Waals surface area contributed by atoms with E-state index >= 15 is 0 Å². The number of nitrogens with one attached hydrogen (secondary N) is 1. The van der Waals surface area contributed by atoms with Crippen LogP contribution in [0.5, 0.6) is 0 Å². The fourth-order valence-corrected chi connectivity index (χ4v) is 2.89. The van der Waals surface area contributed by atoms with Gasteiger partial charge in [-0.15, -0.1) is 0 Å². The van der Waals surface area contributed by atoms with Crippen molar-refractivity contribution in [2.24, 2.45) is 5.92 Å². The number of carbonyl (C=O) groups is 1. The standard InChI is InChI=1S/C15H23N3O3/c19-15(12-4-7-20-8-5-12)17-13-9-16-18(10-13)11-14-3-1-2-6-21-14/h9-10,12,14H,1-8,11H2,(H,17,19)/t14-/m0/s1. The summed E-state index contributed by atoms with van der Waals surface area (Å²) in [5.74, 6) is 0.135. The van der Waals surface area contributed by atoms with Crippen LogP contribution in [0.15, 0.2) is 12.4 Å². The monoisotopic (exact) mass is 293 g/mol. The minimum atomic E-state index is 0.0591. The van der Waals surface area contributed by atoms with Crippen LogP contribution in [0.4, 0.5) is 5.69 Å². The average molecular weight is 293 g/mol. The Bertz CT molecular complexity index is 462. The summed E-state index contributed by atoms with van der Waals surface area (Å²) in [7, 11) is 0. The maximum absolute atomic E-state index is 12.1. The Morgan fingerprint density at radius 1 is 1.29 bits per heavy atom. The van der Waals surface area contributed by atoms with Crippen LogP contribution < -0.4 is 5.32 Å². The quantitative estimate of drug-likeness (QED) is 0.919. The number of anilines is 1. The minimum absolute atomic E-state index is 0.0591. The zero-order chi connectivity index (χ0) is 14.5. The first-order chi connectivity index (χ1) is 10.3. The molecule has 6 nitrogen and oxygen atoms in total. The van der Waals surface area contributed by atoms with E-state index in [4.69, 9.17) is 9.47 Å². The van der Waals surface area contributed by atoms with Crippen molar-refractivity contribution < 1.29 is 14.3 Å². The molecule has 1 atom stereocenters. The van der Waals surface area contributed by atoms with Crippen molar-refractivity contribution in [2.75, 3.05) is 25.1 Å². The Hall–Kier alpha value is -1.40. The van der Waals surface area contributed by atoms with E-state index in [0.29, 0.717) is 13.2 Å². The van der Waals surface area contributed by atoms with E-state index in [1.54, 1.807) is 6.20 Å². The van der Waals surface area contributed by atoms with E-state index in [0.717, 1.165) is 44.5 Å². The van der Waals surface area contributed by atoms with Crippen molar-refractivity contribution >= 4 is 11.6 Å². The number of hydrogen-bond donors (Lipinski definition) is 1. The van der Waals surface area contributed by atoms with Crippen LogP contribution in [0.25, 0.3) is 0 Å². The SMILES string of the molecule is O=C(Nc1cnn(C[C@@H]2CCCCO2)c1)C1CCOCC1. The van der Waals surface area contributed by atoms with E-state index in [-0.39, 0.29) is 17.9 Å². The molecule has 0 radical (unpaired) electrons. The molecular formula is C15H23N3O3. The molecule has 0 spiro atoms. The summed E-state index contributed by atoms with van der Waals surface area (Å²) in [6.45, 7) is 2.96. The van der Waals surface area contributed by atoms with Gasteiger partial charge in [0.05, 0.1) is 24.5 Å². The second-order valence-corrected chi connectivity index (χ2v) is 5.82. The molecule has 0 aliphatic carbocycles. The number of rotatable bonds is 4. The Morgan fingerprint density at radius 3 is 2.90 bits per heavy atom. The zero-order valence-electron chi connectivity index (χ0n) is 12.3. The summed E-state index contributed by atoms with van der Waals surface area (Å²) in [6, 6.07) is 0. The van der Waals surface area contributed by atoms with Crippen molar-refractivity contribution in [3.05, 3.63) is 12.4 Å². The van der Waals surface area contributed by atoms with Crippen LogP contribution >= 0.6 is 0 Å². The third-order valence-electron chi connectivity index (χ3n) is 4.16. The van der Waals surface area contributed by atoms with Crippen LogP contribution in [-0.4, -0.2) is 41.6 Å². The number of carbonyl (C=O) groups excluding carboxylic acids is 1. The third-order valence-corrected chi connectivity index (χ3v) is 4.16. The van der Waals surface area contributed by atoms with Gasteiger partial charge in [-0.05, 0) is 32.1 Å². The smallest absolute Gasteiger partial charge is 0.227 e. The van der Waals surface area contributed by atoms with E-state index in [9.17, 15) is 4.79 Å². The topological polar surface area (TPSA) is 65.4 Å². The van der Waals surface area contributed by atoms with Gasteiger partial charge in [-0.2, -0.15) is 5.10 Å². The van der Waals surface area contributed by atoms with Gasteiger partial charge in [-0.1, -0.05) is 0 Å². The van der Waals surface area contributed by atoms with E-state index in [2.05, 4.69) is 10.4 Å². The summed E-state index contributed by atoms with van der Waals surface area (Å²) in [5.41, 5.74) is 0.766. The third kappa shape index (κ3) is 4.04. The predicted molar refractivity (Wildman–Crippen MR) is 78.0 cm³/mol. The summed E-state index contributed by atoms with van der Waals surface area (Å²) < 4.78 is 12.8. The lowest BCUT2D eigenvalue weighted by Crippen LogP contribution is -2.28. The highest BCUT2D eigenvalue weighted by atomic mass is 16.5. The summed E-state index contributed by atoms with van der Waals surface area (Å²) in [5, 5.41) is 7.26. The second kappa shape index (κ2) is 7.04. The van der Waals surface area contributed by atoms with Gasteiger partial charge in [0.1, 0.15) is 0 Å². The highest BCUT2D eigenvalue weighted by molar-refractivity contribution is 5.92. The molecule has 0 saturated carbocycles. The largest absolute Gasteiger partial charge is 0.381 e. The lowest BCUT2D eigenvalue weighted by molar-refractivity contribution is -0.122. The van der Waals surface area contributed by atoms with Crippen molar-refractivity contribution in [1.29, 1.82) is 0 Å². The molecule has 2 fully saturated rings. The molecule has 1 aromatic rings. The molecule has 0 bridgehead atoms. The zero-order valence-corrected chi connectivity index (χ0v) is 12.3. The molecule has 3 rings (SSSR count). The summed E-state index contributed by atoms with van der Waals surface area (Å²) >= 11 is 0. The molecule has 6 heteroatoms. The van der Waals surface area contributed by atoms with Crippen LogP contribution in [0.2, 0.25) is 0 Å². The molecule has 1 amide bonds. The Kier molecular flexibility index (Phi) is 4.87. The number of nitrogens with zero attached hydrogens (tertiary/aromatic N) is 2. The van der Waals surface area contributed by atoms with Gasteiger partial charge in [-0.3, -0.25) is 9.48 Å². The maximum Gasteiger partial charge on any atom is 0.227 e. The van der Waals surface area contributed by atoms with E-state index in [1.165, 1.54) is 6.42 Å². The molecule has 0 aromatic carbocycles. The van der Waals surface area contributed by atoms with Gasteiger partial charge in [0.25, 0.3) is 0 Å². The van der Waals surface area contributed by atoms with Gasteiger partial charge in [0.2, 0.25) is 5.91 Å². The van der Waals surface area contributed by atoms with Crippen molar-refractivity contribution in [1.82, 2.24) is 9.78 Å². The van der Waals surface area contributed by atoms with Crippen LogP contribution in [0, 0.1) is 5.92 Å². The normalized spacial score (nSPS) is 23.9. The maximum atomic E-state index is 12.1. The molecule has 116 valence electrons. The number of hydrogen-bond acceptors (Lipinski definition) is 4. The molecule has 2 aliphatic rings. The van der Waals surface area contributed by atoms with Gasteiger partial charge >= 0.3 is 0 Å². The van der Waals surface area contributed by atoms with Crippen molar-refractivity contribution in [2.45, 2.75) is 44.8 Å². The molecule has 0 unspecified atom stereocenters. The molecule has 3 heterocycles. The van der Waals surface area contributed by atoms with Gasteiger partial charge in [0, 0.05) is 31.9 Å². The Balaban J connectivity index is 1.50. The Morgan fingerprint density at radius 2 is 2.14 bits per heavy atom. The second-order valence-electron chi connectivity index (χ2n) is 5.82. The molecule has 2 aliphatic heterocycles. The average Bonchev–Trinajstić information content (AvgIpc) is 2.96. The van der Waals surface area contributed by atoms with E-state index in [1.807, 2.05) is 10.9 Å². The first-order valence-electron chi connectivity index (χ1n) is 7.84. The summed E-state index contributed by atoms with van der Waals surface area (Å²) in [4.78, 5) is 12.1. The lowest BCUT2D eigenvalue weighted by atomic mass is 9.99. The highest BCUT2D eigenvalue weighted by Gasteiger charge is 2.22. The minimum Gasteiger partial charge on any atom is -0.381 e. The Labute approximate surface area is 124 Å². The first-order valence-corrected chi connectivity index (χ1v) is 7.84. The summed E-state index contributed by atoms with van der Waals surface area (Å²) in [6.07, 6.45) is 8.91. The van der Waals surface area contributed by atoms with Gasteiger partial charge in [-0.25, -0.2) is 0 Å². The number of amides is 1. The fourth-order valence-electron chi connectivity index (χ4n) is 2.89. The van der Waals surface area contributed by atoms with Gasteiger partial charge in [0.15, 0.2) is 0 Å². The molecule has 21 heavy (non-hydrogen) atoms. The van der Waals surface area contributed by atoms with Crippen molar-refractivity contribution in [3.63, 3.8) is 0 Å². The van der Waals surface area contributed by atoms with Crippen molar-refractivity contribution in [3.8, 4) is 0 Å². The molecular weight excluding hydrogens is 270 g/mol. The van der Waals surface area contributed by atoms with Crippen LogP contribution in [0.1, 0.15) is 32.1 Å². The van der Waals surface area contributed by atoms with E-state index < -0.39 is 0 Å². The molecule has 1 aromatic heterocycles. The number of ether oxygens (including phenoxy) is 2. The number of aromatic nitrogens is 2. The fraction of sp³-hybridized carbons (Fsp3) is 0.733. The predicted octanol–water partition coefficient (Wildman–Crippen LogP) is 1.82. The van der Waals surface area contributed by atoms with Crippen LogP contribution in [0.3, 0.4) is 0 Å². The van der Waals surface area contributed by atoms with Crippen LogP contribution in [-0.2, 0) is 20.8 Å².